The maximum Gasteiger partial charge on any atom is 0.335 e. The van der Waals surface area contributed by atoms with Gasteiger partial charge in [0.05, 0.1) is 21.9 Å². The number of nitrogens with two attached hydrogens (primary N) is 1. The number of hydrogen-bond donors (Lipinski definition) is 7. The molecule has 3 rings (SSSR count). The van der Waals surface area contributed by atoms with E-state index in [4.69, 9.17) is 42.2 Å². The van der Waals surface area contributed by atoms with Gasteiger partial charge in [0, 0.05) is 18.5 Å². The van der Waals surface area contributed by atoms with Crippen LogP contribution in [0.25, 0.3) is 11.0 Å². The molecule has 206 valence electrons. The van der Waals surface area contributed by atoms with Crippen molar-refractivity contribution in [1.29, 1.82) is 0 Å². The topological polar surface area (TPSA) is 207 Å². The van der Waals surface area contributed by atoms with Crippen LogP contribution >= 0.6 is 11.6 Å². The van der Waals surface area contributed by atoms with Crippen molar-refractivity contribution in [2.75, 3.05) is 31.9 Å². The Morgan fingerprint density at radius 1 is 1.16 bits per heavy atom. The first-order valence-electron chi connectivity index (χ1n) is 11.6. The van der Waals surface area contributed by atoms with E-state index in [0.717, 1.165) is 25.9 Å². The highest BCUT2D eigenvalue weighted by Gasteiger charge is 2.29. The first-order valence-corrected chi connectivity index (χ1v) is 12.0. The molecular weight excluding hydrogens is 510 g/mol. The second-order valence-corrected chi connectivity index (χ2v) is 10.1. The number of nitrogens with one attached hydrogen (secondary N) is 1. The second-order valence-electron chi connectivity index (χ2n) is 9.73. The van der Waals surface area contributed by atoms with Crippen LogP contribution in [0.1, 0.15) is 42.8 Å². The molecule has 1 aliphatic heterocycles. The number of nitrogens with zero attached hydrogens (tertiary/aromatic N) is 1. The number of likely N-dealkylation sites (tertiary alicyclic amines) is 1. The van der Waals surface area contributed by atoms with Crippen molar-refractivity contribution in [1.82, 2.24) is 10.2 Å². The number of fused-ring (bicyclic) bond motifs is 1. The number of carbonyl (C=O) groups excluding carboxylic acids is 1. The Hall–Kier alpha value is -2.90. The summed E-state index contributed by atoms with van der Waals surface area (Å²) in [5.74, 6) is -2.63. The largest absolute Gasteiger partial charge is 0.479 e. The third kappa shape index (κ3) is 8.58. The number of nitrogen functional groups attached to an aromatic ring is 1. The van der Waals surface area contributed by atoms with Crippen LogP contribution in [0.3, 0.4) is 0 Å². The maximum atomic E-state index is 12.7. The molecule has 2 aromatic rings. The summed E-state index contributed by atoms with van der Waals surface area (Å²) in [4.78, 5) is 34.5. The summed E-state index contributed by atoms with van der Waals surface area (Å²) >= 11 is 6.19. The molecule has 2 heterocycles. The van der Waals surface area contributed by atoms with E-state index in [9.17, 15) is 19.5 Å². The summed E-state index contributed by atoms with van der Waals surface area (Å²) in [7, 11) is 0. The van der Waals surface area contributed by atoms with E-state index in [1.165, 1.54) is 0 Å². The first-order chi connectivity index (χ1) is 17.1. The van der Waals surface area contributed by atoms with Gasteiger partial charge in [0.15, 0.2) is 12.2 Å². The van der Waals surface area contributed by atoms with Gasteiger partial charge in [-0.15, -0.1) is 0 Å². The van der Waals surface area contributed by atoms with E-state index in [2.05, 4.69) is 10.2 Å². The van der Waals surface area contributed by atoms with Crippen LogP contribution < -0.4 is 11.1 Å². The quantitative estimate of drug-likeness (QED) is 0.234. The molecule has 0 saturated carbocycles. The van der Waals surface area contributed by atoms with Gasteiger partial charge in [0.1, 0.15) is 11.3 Å². The molecule has 12 nitrogen and oxygen atoms in total. The molecule has 0 spiro atoms. The zero-order chi connectivity index (χ0) is 28.1. The van der Waals surface area contributed by atoms with Crippen LogP contribution in [0.4, 0.5) is 5.69 Å². The minimum Gasteiger partial charge on any atom is -0.479 e. The molecule has 1 amide bonds. The monoisotopic (exact) mass is 543 g/mol. The summed E-state index contributed by atoms with van der Waals surface area (Å²) in [6, 6.07) is 3.37. The zero-order valence-corrected chi connectivity index (χ0v) is 21.7. The predicted octanol–water partition coefficient (Wildman–Crippen LogP) is 1.07. The van der Waals surface area contributed by atoms with Crippen molar-refractivity contribution in [3.05, 3.63) is 28.5 Å². The van der Waals surface area contributed by atoms with Crippen LogP contribution in [0.2, 0.25) is 5.02 Å². The number of carbonyl (C=O) groups is 3. The van der Waals surface area contributed by atoms with Gasteiger partial charge in [-0.25, -0.2) is 9.59 Å². The molecule has 0 aliphatic carbocycles. The molecule has 0 bridgehead atoms. The van der Waals surface area contributed by atoms with Crippen LogP contribution in [0.15, 0.2) is 16.5 Å². The highest BCUT2D eigenvalue weighted by molar-refractivity contribution is 6.35. The predicted molar refractivity (Wildman–Crippen MR) is 135 cm³/mol. The summed E-state index contributed by atoms with van der Waals surface area (Å²) in [6.45, 7) is 8.61. The highest BCUT2D eigenvalue weighted by Crippen LogP contribution is 2.34. The number of benzene rings is 1. The molecule has 0 unspecified atom stereocenters. The standard InChI is InChI=1S/C20H28ClN3O3.C4H6O6/c1-12-8-14-17(22)16(21)9-15(18(14)27-12)19(25)23-10-13-4-6-24(7-5-13)11-20(2,3)26;5-1(3(7)8)2(6)4(9)10/h8-9,13,26H,4-7,10-11,22H2,1-3H3,(H,23,25);1-2,5-6H,(H,7,8)(H,9,10)/t;1-,2-/m.1/s1. The van der Waals surface area contributed by atoms with E-state index >= 15 is 0 Å². The number of aryl methyl sites for hydroxylation is 1. The lowest BCUT2D eigenvalue weighted by Gasteiger charge is -2.35. The number of amides is 1. The van der Waals surface area contributed by atoms with Crippen molar-refractivity contribution in [3.8, 4) is 0 Å². The minimum atomic E-state index is -2.27. The van der Waals surface area contributed by atoms with Crippen LogP contribution in [-0.2, 0) is 9.59 Å². The summed E-state index contributed by atoms with van der Waals surface area (Å²) < 4.78 is 5.68. The Morgan fingerprint density at radius 2 is 1.70 bits per heavy atom. The number of halogens is 1. The van der Waals surface area contributed by atoms with Gasteiger partial charge in [-0.1, -0.05) is 11.6 Å². The lowest BCUT2D eigenvalue weighted by molar-refractivity contribution is -0.165. The summed E-state index contributed by atoms with van der Waals surface area (Å²) in [6.07, 6.45) is -2.54. The van der Waals surface area contributed by atoms with E-state index < -0.39 is 29.7 Å². The van der Waals surface area contributed by atoms with Gasteiger partial charge in [-0.05, 0) is 64.8 Å². The van der Waals surface area contributed by atoms with E-state index in [1.54, 1.807) is 12.1 Å². The molecule has 1 aliphatic rings. The van der Waals surface area contributed by atoms with Crippen LogP contribution in [-0.4, -0.2) is 92.3 Å². The molecule has 1 fully saturated rings. The number of carboxylic acid groups (broad SMARTS) is 2. The van der Waals surface area contributed by atoms with Gasteiger partial charge >= 0.3 is 11.9 Å². The highest BCUT2D eigenvalue weighted by atomic mass is 35.5. The first kappa shape index (κ1) is 30.3. The van der Waals surface area contributed by atoms with Gasteiger partial charge in [0.2, 0.25) is 0 Å². The molecule has 2 atom stereocenters. The Kier molecular flexibility index (Phi) is 10.3. The summed E-state index contributed by atoms with van der Waals surface area (Å²) in [5, 5.41) is 46.5. The van der Waals surface area contributed by atoms with Gasteiger partial charge in [-0.2, -0.15) is 0 Å². The molecule has 1 saturated heterocycles. The molecule has 37 heavy (non-hydrogen) atoms. The summed E-state index contributed by atoms with van der Waals surface area (Å²) in [5.41, 5.74) is 6.65. The van der Waals surface area contributed by atoms with E-state index in [1.807, 2.05) is 20.8 Å². The normalized spacial score (nSPS) is 16.5. The number of β-amino-alcohol motifs (C(OH)–C–C–N with tert-alkyl or cyclic N) is 1. The number of hydrogen-bond acceptors (Lipinski definition) is 9. The Balaban J connectivity index is 0.000000410. The maximum absolute atomic E-state index is 12.7. The molecule has 8 N–H and O–H groups in total. The molecule has 1 aromatic heterocycles. The average Bonchev–Trinajstić information content (AvgIpc) is 3.20. The smallest absolute Gasteiger partial charge is 0.335 e. The van der Waals surface area contributed by atoms with Crippen LogP contribution in [0, 0.1) is 12.8 Å². The second kappa shape index (κ2) is 12.6. The number of furan rings is 1. The number of rotatable bonds is 8. The van der Waals surface area contributed by atoms with Crippen molar-refractivity contribution >= 4 is 46.1 Å². The van der Waals surface area contributed by atoms with Crippen molar-refractivity contribution in [2.24, 2.45) is 5.92 Å². The molecular formula is C24H34ClN3O9. The van der Waals surface area contributed by atoms with Crippen molar-refractivity contribution in [2.45, 2.75) is 51.4 Å². The molecule has 0 radical (unpaired) electrons. The van der Waals surface area contributed by atoms with E-state index in [-0.39, 0.29) is 5.91 Å². The number of carboxylic acids is 2. The Labute approximate surface area is 218 Å². The number of anilines is 1. The Bertz CT molecular complexity index is 1100. The zero-order valence-electron chi connectivity index (χ0n) is 20.9. The third-order valence-corrected chi connectivity index (χ3v) is 6.15. The molecule has 13 heteroatoms. The van der Waals surface area contributed by atoms with Gasteiger partial charge < -0.3 is 45.9 Å². The van der Waals surface area contributed by atoms with Crippen LogP contribution in [0.5, 0.6) is 0 Å². The van der Waals surface area contributed by atoms with Crippen molar-refractivity contribution < 1.29 is 44.3 Å². The number of aliphatic hydroxyl groups excluding tert-OH is 2. The number of aliphatic carboxylic acids is 2. The lowest BCUT2D eigenvalue weighted by Crippen LogP contribution is -2.44. The SMILES string of the molecule is Cc1cc2c(N)c(Cl)cc(C(=O)NCC3CCN(CC(C)(C)O)CC3)c2o1.O=C(O)[C@H](O)[C@@H](O)C(=O)O. The van der Waals surface area contributed by atoms with Gasteiger partial charge in [-0.3, -0.25) is 4.79 Å². The van der Waals surface area contributed by atoms with Crippen molar-refractivity contribution in [3.63, 3.8) is 0 Å². The minimum absolute atomic E-state index is 0.199. The third-order valence-electron chi connectivity index (χ3n) is 5.84. The average molecular weight is 544 g/mol. The Morgan fingerprint density at radius 3 is 2.19 bits per heavy atom. The number of aliphatic hydroxyl groups is 3. The fourth-order valence-corrected chi connectivity index (χ4v) is 4.19. The molecule has 1 aromatic carbocycles. The lowest BCUT2D eigenvalue weighted by atomic mass is 9.95. The fourth-order valence-electron chi connectivity index (χ4n) is 3.98. The van der Waals surface area contributed by atoms with E-state index in [0.29, 0.717) is 52.0 Å². The van der Waals surface area contributed by atoms with Gasteiger partial charge in [0.25, 0.3) is 5.91 Å². The number of piperidine rings is 1. The fraction of sp³-hybridized carbons (Fsp3) is 0.542.